The average Bonchev–Trinajstić information content (AvgIpc) is 2.97. The molecule has 1 saturated heterocycles. The number of para-hydroxylation sites is 1. The fourth-order valence-electron chi connectivity index (χ4n) is 2.21. The normalized spacial score (nSPS) is 21.8. The van der Waals surface area contributed by atoms with Crippen LogP contribution in [0, 0.1) is 0 Å². The number of fused-ring (bicyclic) bond motifs is 1. The summed E-state index contributed by atoms with van der Waals surface area (Å²) in [5.74, 6) is -0.0228. The van der Waals surface area contributed by atoms with E-state index >= 15 is 0 Å². The first kappa shape index (κ1) is 14.7. The van der Waals surface area contributed by atoms with E-state index in [0.717, 1.165) is 11.6 Å². The van der Waals surface area contributed by atoms with E-state index in [1.54, 1.807) is 18.8 Å². The van der Waals surface area contributed by atoms with Crippen LogP contribution in [-0.2, 0) is 4.79 Å². The topological polar surface area (TPSA) is 23.6 Å². The largest absolute Gasteiger partial charge is 0.335 e. The molecule has 0 aromatic heterocycles. The minimum atomic E-state index is -0.0228. The number of carbonyl (C=O) groups excluding carboxylic acids is 1. The molecule has 0 unspecified atom stereocenters. The Kier molecular flexibility index (Phi) is 4.10. The van der Waals surface area contributed by atoms with Crippen LogP contribution in [0.1, 0.15) is 6.92 Å². The Morgan fingerprint density at radius 2 is 2.00 bits per heavy atom. The van der Waals surface area contributed by atoms with Gasteiger partial charge in [-0.3, -0.25) is 9.69 Å². The van der Waals surface area contributed by atoms with Crippen molar-refractivity contribution in [2.45, 2.75) is 11.8 Å². The first-order valence-electron chi connectivity index (χ1n) is 6.58. The lowest BCUT2D eigenvalue weighted by Crippen LogP contribution is -2.22. The average molecular weight is 334 g/mol. The predicted octanol–water partition coefficient (Wildman–Crippen LogP) is 3.83. The maximum Gasteiger partial charge on any atom is 0.265 e. The number of anilines is 1. The molecule has 3 rings (SSSR count). The van der Waals surface area contributed by atoms with E-state index in [4.69, 9.17) is 12.2 Å². The summed E-state index contributed by atoms with van der Waals surface area (Å²) in [4.78, 5) is 17.7. The van der Waals surface area contributed by atoms with Gasteiger partial charge < -0.3 is 4.90 Å². The van der Waals surface area contributed by atoms with Gasteiger partial charge in [0.25, 0.3) is 5.91 Å². The zero-order valence-corrected chi connectivity index (χ0v) is 14.1. The van der Waals surface area contributed by atoms with E-state index in [2.05, 4.69) is 24.0 Å². The predicted molar refractivity (Wildman–Crippen MR) is 94.4 cm³/mol. The molecule has 1 fully saturated rings. The Morgan fingerprint density at radius 1 is 1.24 bits per heavy atom. The van der Waals surface area contributed by atoms with E-state index in [-0.39, 0.29) is 5.91 Å². The van der Waals surface area contributed by atoms with Crippen molar-refractivity contribution in [3.05, 3.63) is 46.4 Å². The van der Waals surface area contributed by atoms with Crippen LogP contribution in [0.4, 0.5) is 5.69 Å². The van der Waals surface area contributed by atoms with Crippen molar-refractivity contribution >= 4 is 51.7 Å². The Hall–Kier alpha value is -1.24. The molecule has 6 heteroatoms. The van der Waals surface area contributed by atoms with Crippen LogP contribution in [0.3, 0.4) is 0 Å². The van der Waals surface area contributed by atoms with E-state index < -0.39 is 0 Å². The third-order valence-corrected chi connectivity index (χ3v) is 5.95. The molecule has 0 saturated carbocycles. The molecule has 3 nitrogen and oxygen atoms in total. The summed E-state index contributed by atoms with van der Waals surface area (Å²) in [7, 11) is 1.71. The molecule has 1 amide bonds. The van der Waals surface area contributed by atoms with Gasteiger partial charge in [-0.25, -0.2) is 0 Å². The van der Waals surface area contributed by atoms with Crippen LogP contribution < -0.4 is 4.90 Å². The number of nitrogens with zero attached hydrogens (tertiary/aromatic N) is 2. The summed E-state index contributed by atoms with van der Waals surface area (Å²) < 4.78 is 0.611. The van der Waals surface area contributed by atoms with Gasteiger partial charge in [0.1, 0.15) is 4.32 Å². The molecule has 2 aliphatic rings. The van der Waals surface area contributed by atoms with Gasteiger partial charge in [-0.05, 0) is 31.2 Å². The Bertz CT molecular complexity index is 681. The van der Waals surface area contributed by atoms with Gasteiger partial charge in [-0.15, -0.1) is 0 Å². The fraction of sp³-hybridized carbons (Fsp3) is 0.200. The Balaban J connectivity index is 1.89. The van der Waals surface area contributed by atoms with Crippen LogP contribution in [-0.4, -0.2) is 28.7 Å². The standard InChI is InChI=1S/C15H14N2OS3/c1-3-17-10-6-4-5-7-11(10)20-13(17)9-8-12-14(18)16(2)15(19)21-12/h4-9H,3H2,1-2H3/b12-8-,13-9+. The van der Waals surface area contributed by atoms with E-state index in [0.29, 0.717) is 9.23 Å². The smallest absolute Gasteiger partial charge is 0.265 e. The molecule has 0 radical (unpaired) electrons. The lowest BCUT2D eigenvalue weighted by atomic mass is 10.3. The summed E-state index contributed by atoms with van der Waals surface area (Å²) in [6.07, 6.45) is 3.88. The van der Waals surface area contributed by atoms with Gasteiger partial charge in [0.05, 0.1) is 15.6 Å². The first-order valence-corrected chi connectivity index (χ1v) is 8.62. The van der Waals surface area contributed by atoms with Crippen molar-refractivity contribution in [2.24, 2.45) is 0 Å². The number of thiocarbonyl (C=S) groups is 1. The van der Waals surface area contributed by atoms with Crippen LogP contribution in [0.25, 0.3) is 0 Å². The van der Waals surface area contributed by atoms with Crippen molar-refractivity contribution in [3.63, 3.8) is 0 Å². The quantitative estimate of drug-likeness (QED) is 0.604. The summed E-state index contributed by atoms with van der Waals surface area (Å²) in [5.41, 5.74) is 1.23. The molecule has 2 aliphatic heterocycles. The maximum absolute atomic E-state index is 12.0. The number of hydrogen-bond donors (Lipinski definition) is 0. The minimum Gasteiger partial charge on any atom is -0.335 e. The van der Waals surface area contributed by atoms with Crippen LogP contribution >= 0.6 is 35.7 Å². The maximum atomic E-state index is 12.0. The fourth-order valence-corrected chi connectivity index (χ4v) is 4.46. The second-order valence-corrected chi connectivity index (χ2v) is 7.32. The Morgan fingerprint density at radius 3 is 2.67 bits per heavy atom. The Labute approximate surface area is 138 Å². The van der Waals surface area contributed by atoms with Crippen molar-refractivity contribution in [2.75, 3.05) is 18.5 Å². The zero-order valence-electron chi connectivity index (χ0n) is 11.7. The summed E-state index contributed by atoms with van der Waals surface area (Å²) in [5, 5.41) is 1.14. The highest BCUT2D eigenvalue weighted by atomic mass is 32.2. The van der Waals surface area contributed by atoms with Crippen LogP contribution in [0.15, 0.2) is 51.2 Å². The molecular weight excluding hydrogens is 320 g/mol. The second kappa shape index (κ2) is 5.87. The van der Waals surface area contributed by atoms with Gasteiger partial charge in [0, 0.05) is 18.5 Å². The molecule has 1 aromatic carbocycles. The summed E-state index contributed by atoms with van der Waals surface area (Å²) in [6, 6.07) is 8.34. The monoisotopic (exact) mass is 334 g/mol. The second-order valence-electron chi connectivity index (χ2n) is 4.58. The lowest BCUT2D eigenvalue weighted by Gasteiger charge is -2.17. The molecule has 0 atom stereocenters. The van der Waals surface area contributed by atoms with E-state index in [9.17, 15) is 4.79 Å². The summed E-state index contributed by atoms with van der Waals surface area (Å²) in [6.45, 7) is 3.03. The third kappa shape index (κ3) is 2.63. The van der Waals surface area contributed by atoms with Crippen molar-refractivity contribution in [1.29, 1.82) is 0 Å². The van der Waals surface area contributed by atoms with Crippen molar-refractivity contribution in [3.8, 4) is 0 Å². The number of carbonyl (C=O) groups is 1. The number of likely N-dealkylation sites (N-methyl/N-ethyl adjacent to an activating group) is 1. The van der Waals surface area contributed by atoms with Gasteiger partial charge in [-0.1, -0.05) is 47.9 Å². The van der Waals surface area contributed by atoms with Gasteiger partial charge in [-0.2, -0.15) is 0 Å². The first-order chi connectivity index (χ1) is 10.1. The number of hydrogen-bond acceptors (Lipinski definition) is 5. The van der Waals surface area contributed by atoms with Gasteiger partial charge in [0.15, 0.2) is 0 Å². The van der Waals surface area contributed by atoms with Crippen molar-refractivity contribution in [1.82, 2.24) is 4.90 Å². The number of rotatable bonds is 2. The lowest BCUT2D eigenvalue weighted by molar-refractivity contribution is -0.121. The minimum absolute atomic E-state index is 0.0228. The molecule has 0 bridgehead atoms. The highest BCUT2D eigenvalue weighted by molar-refractivity contribution is 8.26. The third-order valence-electron chi connectivity index (χ3n) is 3.32. The SMILES string of the molecule is CCN1/C(=C\C=C2/SC(=S)N(C)C2=O)Sc2ccccc21. The van der Waals surface area contributed by atoms with Crippen LogP contribution in [0.5, 0.6) is 0 Å². The summed E-state index contributed by atoms with van der Waals surface area (Å²) >= 11 is 8.22. The highest BCUT2D eigenvalue weighted by Gasteiger charge is 2.29. The molecule has 0 aliphatic carbocycles. The van der Waals surface area contributed by atoms with Crippen molar-refractivity contribution < 1.29 is 4.79 Å². The van der Waals surface area contributed by atoms with Gasteiger partial charge >= 0.3 is 0 Å². The van der Waals surface area contributed by atoms with E-state index in [1.807, 2.05) is 24.3 Å². The van der Waals surface area contributed by atoms with E-state index in [1.165, 1.54) is 27.2 Å². The number of allylic oxidation sites excluding steroid dienone is 2. The molecular formula is C15H14N2OS3. The number of thioether (sulfide) groups is 2. The highest BCUT2D eigenvalue weighted by Crippen LogP contribution is 2.45. The van der Waals surface area contributed by atoms with Gasteiger partial charge in [0.2, 0.25) is 0 Å². The van der Waals surface area contributed by atoms with Crippen LogP contribution in [0.2, 0.25) is 0 Å². The molecule has 0 spiro atoms. The number of benzene rings is 1. The molecule has 1 aromatic rings. The molecule has 2 heterocycles. The molecule has 21 heavy (non-hydrogen) atoms. The number of amides is 1. The molecule has 108 valence electrons. The molecule has 0 N–H and O–H groups in total. The zero-order chi connectivity index (χ0) is 15.0.